The number of anilines is 1. The molecule has 0 fully saturated rings. The zero-order chi connectivity index (χ0) is 21.3. The fourth-order valence-electron chi connectivity index (χ4n) is 4.10. The van der Waals surface area contributed by atoms with Gasteiger partial charge in [0.2, 0.25) is 11.9 Å². The number of carbonyl (C=O) groups excluding carboxylic acids is 2. The van der Waals surface area contributed by atoms with Gasteiger partial charge in [-0.25, -0.2) is 4.98 Å². The van der Waals surface area contributed by atoms with Gasteiger partial charge < -0.3 is 14.0 Å². The van der Waals surface area contributed by atoms with Crippen LogP contribution in [0.1, 0.15) is 24.1 Å². The number of imidazole rings is 1. The van der Waals surface area contributed by atoms with Crippen LogP contribution in [0.5, 0.6) is 0 Å². The smallest absolute Gasteiger partial charge is 0.321 e. The minimum absolute atomic E-state index is 0.207. The van der Waals surface area contributed by atoms with Crippen molar-refractivity contribution in [2.24, 2.45) is 5.92 Å². The van der Waals surface area contributed by atoms with Crippen molar-refractivity contribution in [1.29, 1.82) is 0 Å². The molecule has 0 bridgehead atoms. The Balaban J connectivity index is 1.98. The van der Waals surface area contributed by atoms with Gasteiger partial charge in [-0.05, 0) is 31.5 Å². The number of esters is 1. The summed E-state index contributed by atoms with van der Waals surface area (Å²) in [5.74, 6) is -1.33. The van der Waals surface area contributed by atoms with Gasteiger partial charge >= 0.3 is 5.97 Å². The highest BCUT2D eigenvalue weighted by Crippen LogP contribution is 2.41. The van der Waals surface area contributed by atoms with Crippen molar-refractivity contribution in [3.8, 4) is 0 Å². The number of aromatic nitrogens is 2. The molecule has 2 atom stereocenters. The molecule has 2 heterocycles. The topological polar surface area (TPSA) is 73.7 Å². The van der Waals surface area contributed by atoms with E-state index in [2.05, 4.69) is 0 Å². The number of aryl methyl sites for hydroxylation is 1. The maximum Gasteiger partial charge on any atom is 0.321 e. The lowest BCUT2D eigenvalue weighted by Gasteiger charge is -2.37. The third-order valence-electron chi connectivity index (χ3n) is 5.39. The van der Waals surface area contributed by atoms with E-state index in [0.717, 1.165) is 22.2 Å². The first-order chi connectivity index (χ1) is 14.6. The number of methoxy groups -OCH3 is 1. The van der Waals surface area contributed by atoms with Crippen LogP contribution < -0.4 is 4.90 Å². The highest BCUT2D eigenvalue weighted by molar-refractivity contribution is 6.08. The summed E-state index contributed by atoms with van der Waals surface area (Å²) >= 11 is 0. The molecule has 7 heteroatoms. The van der Waals surface area contributed by atoms with Gasteiger partial charge in [-0.3, -0.25) is 14.5 Å². The van der Waals surface area contributed by atoms with Crippen LogP contribution in [-0.4, -0.2) is 48.3 Å². The highest BCUT2D eigenvalue weighted by atomic mass is 16.5. The van der Waals surface area contributed by atoms with Crippen LogP contribution >= 0.6 is 0 Å². The Morgan fingerprint density at radius 1 is 1.17 bits per heavy atom. The molecule has 0 spiro atoms. The summed E-state index contributed by atoms with van der Waals surface area (Å²) in [5, 5.41) is 0. The van der Waals surface area contributed by atoms with Crippen LogP contribution in [0.25, 0.3) is 11.0 Å². The first kappa shape index (κ1) is 20.1. The molecule has 4 rings (SSSR count). The Hall–Kier alpha value is -3.19. The molecule has 3 aromatic rings. The first-order valence-corrected chi connectivity index (χ1v) is 10.1. The molecule has 156 valence electrons. The predicted molar refractivity (Wildman–Crippen MR) is 113 cm³/mol. The molecule has 1 amide bonds. The van der Waals surface area contributed by atoms with Gasteiger partial charge in [0.15, 0.2) is 5.92 Å². The number of carbonyl (C=O) groups is 2. The molecule has 7 nitrogen and oxygen atoms in total. The quantitative estimate of drug-likeness (QED) is 0.464. The van der Waals surface area contributed by atoms with Gasteiger partial charge in [0.1, 0.15) is 0 Å². The summed E-state index contributed by atoms with van der Waals surface area (Å²) in [4.78, 5) is 32.9. The molecule has 30 heavy (non-hydrogen) atoms. The number of hydrogen-bond acceptors (Lipinski definition) is 5. The standard InChI is InChI=1S/C23H25N3O4/c1-4-30-22(28)19-20(16-9-7-8-15(2)14-16)26-18-11-6-5-10-17(18)24-23(26)25(21(19)27)12-13-29-3/h5-11,14,19-20H,4,12-13H2,1-3H3/t19-,20+/m0/s1. The molecule has 0 N–H and O–H groups in total. The highest BCUT2D eigenvalue weighted by Gasteiger charge is 2.47. The predicted octanol–water partition coefficient (Wildman–Crippen LogP) is 3.11. The Bertz CT molecular complexity index is 1090. The summed E-state index contributed by atoms with van der Waals surface area (Å²) in [6, 6.07) is 15.0. The molecule has 0 saturated carbocycles. The number of ether oxygens (including phenoxy) is 2. The largest absolute Gasteiger partial charge is 0.465 e. The van der Waals surface area contributed by atoms with Crippen LogP contribution in [0.2, 0.25) is 0 Å². The van der Waals surface area contributed by atoms with Crippen molar-refractivity contribution in [3.05, 3.63) is 59.7 Å². The second-order valence-corrected chi connectivity index (χ2v) is 7.34. The Labute approximate surface area is 175 Å². The van der Waals surface area contributed by atoms with Gasteiger partial charge in [0.05, 0.1) is 36.8 Å². The van der Waals surface area contributed by atoms with Gasteiger partial charge in [-0.1, -0.05) is 42.0 Å². The molecule has 1 aromatic heterocycles. The van der Waals surface area contributed by atoms with E-state index < -0.39 is 17.9 Å². The van der Waals surface area contributed by atoms with Crippen LogP contribution in [0.15, 0.2) is 48.5 Å². The molecule has 0 unspecified atom stereocenters. The molecular formula is C23H25N3O4. The third kappa shape index (κ3) is 3.35. The lowest BCUT2D eigenvalue weighted by Crippen LogP contribution is -2.51. The monoisotopic (exact) mass is 407 g/mol. The number of fused-ring (bicyclic) bond motifs is 3. The lowest BCUT2D eigenvalue weighted by atomic mass is 9.88. The number of hydrogen-bond donors (Lipinski definition) is 0. The van der Waals surface area contributed by atoms with E-state index in [-0.39, 0.29) is 12.5 Å². The van der Waals surface area contributed by atoms with Gasteiger partial charge in [0, 0.05) is 7.11 Å². The van der Waals surface area contributed by atoms with Crippen molar-refractivity contribution >= 4 is 28.9 Å². The Morgan fingerprint density at radius 2 is 1.97 bits per heavy atom. The zero-order valence-electron chi connectivity index (χ0n) is 17.4. The van der Waals surface area contributed by atoms with E-state index in [1.807, 2.05) is 60.0 Å². The van der Waals surface area contributed by atoms with Crippen LogP contribution in [0.4, 0.5) is 5.95 Å². The fraction of sp³-hybridized carbons (Fsp3) is 0.348. The third-order valence-corrected chi connectivity index (χ3v) is 5.39. The Morgan fingerprint density at radius 3 is 2.70 bits per heavy atom. The van der Waals surface area contributed by atoms with Crippen molar-refractivity contribution < 1.29 is 19.1 Å². The normalized spacial score (nSPS) is 18.5. The van der Waals surface area contributed by atoms with Crippen molar-refractivity contribution in [2.45, 2.75) is 19.9 Å². The van der Waals surface area contributed by atoms with E-state index in [9.17, 15) is 9.59 Å². The van der Waals surface area contributed by atoms with E-state index in [1.54, 1.807) is 14.0 Å². The minimum atomic E-state index is -1.01. The van der Waals surface area contributed by atoms with Crippen LogP contribution in [0.3, 0.4) is 0 Å². The number of amides is 1. The number of benzene rings is 2. The molecule has 0 aliphatic carbocycles. The summed E-state index contributed by atoms with van der Waals surface area (Å²) in [7, 11) is 1.58. The van der Waals surface area contributed by atoms with E-state index >= 15 is 0 Å². The molecule has 2 aromatic carbocycles. The van der Waals surface area contributed by atoms with E-state index in [1.165, 1.54) is 4.90 Å². The van der Waals surface area contributed by atoms with E-state index in [0.29, 0.717) is 19.1 Å². The second kappa shape index (κ2) is 8.28. The lowest BCUT2D eigenvalue weighted by molar-refractivity contribution is -0.153. The molecule has 0 radical (unpaired) electrons. The molecule has 0 saturated heterocycles. The van der Waals surface area contributed by atoms with Crippen molar-refractivity contribution in [1.82, 2.24) is 9.55 Å². The number of nitrogens with zero attached hydrogens (tertiary/aromatic N) is 3. The van der Waals surface area contributed by atoms with Gasteiger partial charge in [-0.2, -0.15) is 0 Å². The van der Waals surface area contributed by atoms with Crippen LogP contribution in [0, 0.1) is 12.8 Å². The molecular weight excluding hydrogens is 382 g/mol. The number of rotatable bonds is 6. The second-order valence-electron chi connectivity index (χ2n) is 7.34. The summed E-state index contributed by atoms with van der Waals surface area (Å²) in [6.07, 6.45) is 0. The van der Waals surface area contributed by atoms with Crippen molar-refractivity contribution in [3.63, 3.8) is 0 Å². The summed E-state index contributed by atoms with van der Waals surface area (Å²) in [6.45, 7) is 4.58. The number of para-hydroxylation sites is 2. The van der Waals surface area contributed by atoms with Gasteiger partial charge in [0.25, 0.3) is 0 Å². The average Bonchev–Trinajstić information content (AvgIpc) is 3.11. The SMILES string of the molecule is CCOC(=O)[C@@H]1C(=O)N(CCOC)c2nc3ccccc3n2[C@@H]1c1cccc(C)c1. The first-order valence-electron chi connectivity index (χ1n) is 10.1. The zero-order valence-corrected chi connectivity index (χ0v) is 17.4. The fourth-order valence-corrected chi connectivity index (χ4v) is 4.10. The van der Waals surface area contributed by atoms with E-state index in [4.69, 9.17) is 14.5 Å². The maximum atomic E-state index is 13.6. The van der Waals surface area contributed by atoms with Crippen LogP contribution in [-0.2, 0) is 19.1 Å². The van der Waals surface area contributed by atoms with Crippen molar-refractivity contribution in [2.75, 3.05) is 31.8 Å². The van der Waals surface area contributed by atoms with Gasteiger partial charge in [-0.15, -0.1) is 0 Å². The summed E-state index contributed by atoms with van der Waals surface area (Å²) < 4.78 is 12.5. The Kier molecular flexibility index (Phi) is 5.55. The minimum Gasteiger partial charge on any atom is -0.465 e. The average molecular weight is 407 g/mol. The molecule has 1 aliphatic heterocycles. The molecule has 1 aliphatic rings. The summed E-state index contributed by atoms with van der Waals surface area (Å²) in [5.41, 5.74) is 3.56. The maximum absolute atomic E-state index is 13.6.